The van der Waals surface area contributed by atoms with Crippen molar-refractivity contribution in [3.05, 3.63) is 28.8 Å². The number of carbonyl (C=O) groups excluding carboxylic acids is 2. The maximum absolute atomic E-state index is 12.5. The van der Waals surface area contributed by atoms with Crippen molar-refractivity contribution in [1.82, 2.24) is 5.32 Å². The molecule has 0 aliphatic heterocycles. The van der Waals surface area contributed by atoms with Crippen LogP contribution in [0.2, 0.25) is 5.02 Å². The number of halogens is 2. The van der Waals surface area contributed by atoms with Crippen LogP contribution in [-0.4, -0.2) is 23.9 Å². The van der Waals surface area contributed by atoms with Gasteiger partial charge in [-0.05, 0) is 44.4 Å². The Balaban J connectivity index is 0.00000312. The summed E-state index contributed by atoms with van der Waals surface area (Å²) < 4.78 is 0. The summed E-state index contributed by atoms with van der Waals surface area (Å²) in [7, 11) is 0. The molecule has 1 aliphatic carbocycles. The molecule has 140 valence electrons. The highest BCUT2D eigenvalue weighted by Crippen LogP contribution is 2.32. The summed E-state index contributed by atoms with van der Waals surface area (Å²) >= 11 is 6.19. The van der Waals surface area contributed by atoms with E-state index in [1.165, 1.54) is 0 Å². The van der Waals surface area contributed by atoms with Crippen molar-refractivity contribution in [2.45, 2.75) is 51.5 Å². The average Bonchev–Trinajstić information content (AvgIpc) is 2.52. The molecule has 1 aliphatic rings. The van der Waals surface area contributed by atoms with Gasteiger partial charge in [0.25, 0.3) is 5.91 Å². The molecule has 4 N–H and O–H groups in total. The first-order chi connectivity index (χ1) is 11.3. The van der Waals surface area contributed by atoms with E-state index in [-0.39, 0.29) is 30.1 Å². The molecule has 0 radical (unpaired) electrons. The Hall–Kier alpha value is -1.30. The monoisotopic (exact) mass is 387 g/mol. The minimum absolute atomic E-state index is 0. The molecule has 2 rings (SSSR count). The minimum atomic E-state index is -0.480. The van der Waals surface area contributed by atoms with Crippen molar-refractivity contribution in [3.63, 3.8) is 0 Å². The molecule has 1 aromatic rings. The molecule has 25 heavy (non-hydrogen) atoms. The molecule has 0 heterocycles. The first-order valence-corrected chi connectivity index (χ1v) is 8.90. The van der Waals surface area contributed by atoms with E-state index in [0.29, 0.717) is 22.8 Å². The lowest BCUT2D eigenvalue weighted by Gasteiger charge is -2.37. The molecule has 0 saturated heterocycles. The predicted molar refractivity (Wildman–Crippen MR) is 105 cm³/mol. The highest BCUT2D eigenvalue weighted by Gasteiger charge is 2.37. The highest BCUT2D eigenvalue weighted by molar-refractivity contribution is 6.34. The normalized spacial score (nSPS) is 22.6. The van der Waals surface area contributed by atoms with E-state index in [9.17, 15) is 9.59 Å². The van der Waals surface area contributed by atoms with Crippen LogP contribution in [0.3, 0.4) is 0 Å². The van der Waals surface area contributed by atoms with Crippen molar-refractivity contribution in [1.29, 1.82) is 0 Å². The van der Waals surface area contributed by atoms with Gasteiger partial charge < -0.3 is 16.4 Å². The molecule has 0 spiro atoms. The van der Waals surface area contributed by atoms with Gasteiger partial charge >= 0.3 is 0 Å². The van der Waals surface area contributed by atoms with Crippen molar-refractivity contribution in [2.75, 3.05) is 11.9 Å². The average molecular weight is 388 g/mol. The van der Waals surface area contributed by atoms with Crippen LogP contribution >= 0.6 is 24.0 Å². The van der Waals surface area contributed by atoms with Gasteiger partial charge in [0.15, 0.2) is 0 Å². The van der Waals surface area contributed by atoms with Crippen LogP contribution in [-0.2, 0) is 4.79 Å². The van der Waals surface area contributed by atoms with Gasteiger partial charge in [0.2, 0.25) is 5.91 Å². The fourth-order valence-corrected chi connectivity index (χ4v) is 3.40. The Kier molecular flexibility index (Phi) is 8.19. The predicted octanol–water partition coefficient (Wildman–Crippen LogP) is 3.75. The SMILES string of the molecule is CCCNC(=O)c1ccc(NC(=O)C2CCCCC2(C)N)cc1Cl.Cl. The van der Waals surface area contributed by atoms with Crippen LogP contribution in [0.1, 0.15) is 56.3 Å². The number of anilines is 1. The van der Waals surface area contributed by atoms with Gasteiger partial charge in [-0.3, -0.25) is 9.59 Å². The quantitative estimate of drug-likeness (QED) is 0.718. The maximum Gasteiger partial charge on any atom is 0.252 e. The third-order valence-corrected chi connectivity index (χ3v) is 4.90. The van der Waals surface area contributed by atoms with Crippen LogP contribution in [0.15, 0.2) is 18.2 Å². The first kappa shape index (κ1) is 21.7. The number of nitrogens with one attached hydrogen (secondary N) is 2. The second-order valence-electron chi connectivity index (χ2n) is 6.74. The third kappa shape index (κ3) is 5.59. The van der Waals surface area contributed by atoms with Gasteiger partial charge in [-0.25, -0.2) is 0 Å². The van der Waals surface area contributed by atoms with E-state index < -0.39 is 5.54 Å². The van der Waals surface area contributed by atoms with E-state index in [1.807, 2.05) is 13.8 Å². The Bertz CT molecular complexity index is 620. The highest BCUT2D eigenvalue weighted by atomic mass is 35.5. The van der Waals surface area contributed by atoms with Gasteiger partial charge in [0.1, 0.15) is 0 Å². The second kappa shape index (κ2) is 9.41. The van der Waals surface area contributed by atoms with Crippen LogP contribution in [0.25, 0.3) is 0 Å². The summed E-state index contributed by atoms with van der Waals surface area (Å²) in [4.78, 5) is 24.5. The van der Waals surface area contributed by atoms with E-state index in [4.69, 9.17) is 17.3 Å². The van der Waals surface area contributed by atoms with Gasteiger partial charge in [0, 0.05) is 17.8 Å². The lowest BCUT2D eigenvalue weighted by molar-refractivity contribution is -0.122. The summed E-state index contributed by atoms with van der Waals surface area (Å²) in [5.41, 5.74) is 6.79. The number of rotatable bonds is 5. The van der Waals surface area contributed by atoms with Gasteiger partial charge in [0.05, 0.1) is 16.5 Å². The molecule has 2 atom stereocenters. The maximum atomic E-state index is 12.5. The lowest BCUT2D eigenvalue weighted by atomic mass is 9.74. The molecule has 1 saturated carbocycles. The molecule has 2 unspecified atom stereocenters. The standard InChI is InChI=1S/C18H26ClN3O2.ClH/c1-3-10-21-16(23)13-8-7-12(11-15(13)19)22-17(24)14-6-4-5-9-18(14,2)20;/h7-8,11,14H,3-6,9-10,20H2,1-2H3,(H,21,23)(H,22,24);1H. The zero-order chi connectivity index (χ0) is 17.7. The fourth-order valence-electron chi connectivity index (χ4n) is 3.13. The van der Waals surface area contributed by atoms with Gasteiger partial charge in [-0.1, -0.05) is 31.4 Å². The Morgan fingerprint density at radius 3 is 2.68 bits per heavy atom. The molecule has 1 fully saturated rings. The molecular weight excluding hydrogens is 361 g/mol. The van der Waals surface area contributed by atoms with E-state index in [2.05, 4.69) is 10.6 Å². The Morgan fingerprint density at radius 2 is 2.08 bits per heavy atom. The third-order valence-electron chi connectivity index (χ3n) is 4.59. The van der Waals surface area contributed by atoms with Gasteiger partial charge in [-0.15, -0.1) is 12.4 Å². The second-order valence-corrected chi connectivity index (χ2v) is 7.15. The van der Waals surface area contributed by atoms with Crippen molar-refractivity contribution in [3.8, 4) is 0 Å². The smallest absolute Gasteiger partial charge is 0.252 e. The van der Waals surface area contributed by atoms with Crippen LogP contribution in [0.4, 0.5) is 5.69 Å². The summed E-state index contributed by atoms with van der Waals surface area (Å²) in [6, 6.07) is 4.93. The largest absolute Gasteiger partial charge is 0.352 e. The first-order valence-electron chi connectivity index (χ1n) is 8.52. The zero-order valence-electron chi connectivity index (χ0n) is 14.7. The Morgan fingerprint density at radius 1 is 1.36 bits per heavy atom. The number of hydrogen-bond donors (Lipinski definition) is 3. The number of amides is 2. The topological polar surface area (TPSA) is 84.2 Å². The van der Waals surface area contributed by atoms with Crippen molar-refractivity contribution in [2.24, 2.45) is 11.7 Å². The summed E-state index contributed by atoms with van der Waals surface area (Å²) in [5, 5.41) is 5.99. The number of nitrogens with two attached hydrogens (primary N) is 1. The summed E-state index contributed by atoms with van der Waals surface area (Å²) in [6.45, 7) is 4.52. The minimum Gasteiger partial charge on any atom is -0.352 e. The van der Waals surface area contributed by atoms with E-state index in [0.717, 1.165) is 32.1 Å². The Labute approximate surface area is 160 Å². The number of hydrogen-bond acceptors (Lipinski definition) is 3. The summed E-state index contributed by atoms with van der Waals surface area (Å²) in [5.74, 6) is -0.502. The van der Waals surface area contributed by atoms with E-state index >= 15 is 0 Å². The molecule has 1 aromatic carbocycles. The number of benzene rings is 1. The van der Waals surface area contributed by atoms with Crippen LogP contribution in [0.5, 0.6) is 0 Å². The zero-order valence-corrected chi connectivity index (χ0v) is 16.3. The van der Waals surface area contributed by atoms with Crippen molar-refractivity contribution >= 4 is 41.5 Å². The van der Waals surface area contributed by atoms with E-state index in [1.54, 1.807) is 18.2 Å². The van der Waals surface area contributed by atoms with Gasteiger partial charge in [-0.2, -0.15) is 0 Å². The molecule has 7 heteroatoms. The van der Waals surface area contributed by atoms with Crippen LogP contribution < -0.4 is 16.4 Å². The fraction of sp³-hybridized carbons (Fsp3) is 0.556. The molecular formula is C18H27Cl2N3O2. The molecule has 0 bridgehead atoms. The molecule has 0 aromatic heterocycles. The van der Waals surface area contributed by atoms with Crippen molar-refractivity contribution < 1.29 is 9.59 Å². The summed E-state index contributed by atoms with van der Waals surface area (Å²) in [6.07, 6.45) is 4.58. The molecule has 5 nitrogen and oxygen atoms in total. The number of carbonyl (C=O) groups is 2. The molecule has 2 amide bonds. The van der Waals surface area contributed by atoms with Crippen LogP contribution in [0, 0.1) is 5.92 Å². The lowest BCUT2D eigenvalue weighted by Crippen LogP contribution is -2.51.